The first kappa shape index (κ1) is 10.1. The molecule has 0 radical (unpaired) electrons. The number of benzene rings is 1. The van der Waals surface area contributed by atoms with E-state index in [2.05, 4.69) is 4.98 Å². The van der Waals surface area contributed by atoms with Crippen LogP contribution >= 0.6 is 11.6 Å². The molecule has 0 amide bonds. The maximum absolute atomic E-state index is 11.6. The Bertz CT molecular complexity index is 725. The monoisotopic (exact) mass is 242 g/mol. The van der Waals surface area contributed by atoms with Gasteiger partial charge < -0.3 is 4.98 Å². The van der Waals surface area contributed by atoms with E-state index in [1.54, 1.807) is 12.1 Å². The van der Waals surface area contributed by atoms with Crippen molar-refractivity contribution < 1.29 is 0 Å². The van der Waals surface area contributed by atoms with Crippen LogP contribution in [0.4, 0.5) is 0 Å². The highest BCUT2D eigenvalue weighted by Gasteiger charge is 2.20. The van der Waals surface area contributed by atoms with Crippen LogP contribution in [0.3, 0.4) is 0 Å². The maximum atomic E-state index is 11.6. The van der Waals surface area contributed by atoms with Crippen LogP contribution in [-0.2, 0) is 6.42 Å². The van der Waals surface area contributed by atoms with Crippen LogP contribution in [-0.4, -0.2) is 4.98 Å². The van der Waals surface area contributed by atoms with Crippen molar-refractivity contribution in [1.29, 1.82) is 5.26 Å². The third-order valence-electron chi connectivity index (χ3n) is 2.96. The molecule has 0 spiro atoms. The standard InChI is InChI=1S/C13H7ClN2O/c14-10-1-2-11-7(5-10)3-8-4-9(6-15)13(17)16-12(8)11/h1-2,4-5H,3H2,(H,16,17). The Labute approximate surface area is 102 Å². The van der Waals surface area contributed by atoms with Gasteiger partial charge in [-0.15, -0.1) is 0 Å². The Morgan fingerprint density at radius 2 is 2.12 bits per heavy atom. The molecular weight excluding hydrogens is 236 g/mol. The second-order valence-electron chi connectivity index (χ2n) is 4.00. The van der Waals surface area contributed by atoms with Crippen molar-refractivity contribution in [3.8, 4) is 17.3 Å². The van der Waals surface area contributed by atoms with Gasteiger partial charge in [0.25, 0.3) is 5.56 Å². The third kappa shape index (κ3) is 1.46. The lowest BCUT2D eigenvalue weighted by Gasteiger charge is -2.00. The summed E-state index contributed by atoms with van der Waals surface area (Å²) in [7, 11) is 0. The fourth-order valence-corrected chi connectivity index (χ4v) is 2.39. The van der Waals surface area contributed by atoms with Crippen LogP contribution in [0.15, 0.2) is 29.1 Å². The van der Waals surface area contributed by atoms with Gasteiger partial charge in [-0.1, -0.05) is 17.7 Å². The molecule has 0 atom stereocenters. The van der Waals surface area contributed by atoms with E-state index >= 15 is 0 Å². The zero-order chi connectivity index (χ0) is 12.0. The minimum atomic E-state index is -0.339. The van der Waals surface area contributed by atoms with E-state index in [9.17, 15) is 4.79 Å². The van der Waals surface area contributed by atoms with E-state index < -0.39 is 0 Å². The average Bonchev–Trinajstić information content (AvgIpc) is 2.64. The highest BCUT2D eigenvalue weighted by atomic mass is 35.5. The summed E-state index contributed by atoms with van der Waals surface area (Å²) in [4.78, 5) is 14.3. The SMILES string of the molecule is N#Cc1cc2c([nH]c1=O)-c1ccc(Cl)cc1C2. The molecule has 1 aliphatic rings. The molecular formula is C13H7ClN2O. The maximum Gasteiger partial charge on any atom is 0.266 e. The second-order valence-corrected chi connectivity index (χ2v) is 4.44. The lowest BCUT2D eigenvalue weighted by molar-refractivity contribution is 1.17. The first-order valence-corrected chi connectivity index (χ1v) is 5.52. The van der Waals surface area contributed by atoms with E-state index in [1.165, 1.54) is 0 Å². The van der Waals surface area contributed by atoms with E-state index in [1.807, 2.05) is 18.2 Å². The number of nitriles is 1. The molecule has 2 aromatic rings. The molecule has 0 saturated heterocycles. The van der Waals surface area contributed by atoms with E-state index in [0.29, 0.717) is 11.4 Å². The van der Waals surface area contributed by atoms with Crippen molar-refractivity contribution >= 4 is 11.6 Å². The largest absolute Gasteiger partial charge is 0.321 e. The molecule has 1 heterocycles. The first-order chi connectivity index (χ1) is 8.19. The van der Waals surface area contributed by atoms with Crippen molar-refractivity contribution in [3.63, 3.8) is 0 Å². The van der Waals surface area contributed by atoms with Gasteiger partial charge in [-0.25, -0.2) is 0 Å². The predicted molar refractivity (Wildman–Crippen MR) is 65.0 cm³/mol. The summed E-state index contributed by atoms with van der Waals surface area (Å²) < 4.78 is 0. The number of nitrogens with zero attached hydrogens (tertiary/aromatic N) is 1. The number of fused-ring (bicyclic) bond motifs is 3. The Morgan fingerprint density at radius 3 is 2.88 bits per heavy atom. The molecule has 1 aromatic heterocycles. The number of aromatic nitrogens is 1. The van der Waals surface area contributed by atoms with Crippen LogP contribution in [0.25, 0.3) is 11.3 Å². The number of rotatable bonds is 0. The van der Waals surface area contributed by atoms with Gasteiger partial charge in [0.05, 0.1) is 5.69 Å². The summed E-state index contributed by atoms with van der Waals surface area (Å²) in [5.74, 6) is 0. The van der Waals surface area contributed by atoms with Gasteiger partial charge in [0, 0.05) is 17.0 Å². The smallest absolute Gasteiger partial charge is 0.266 e. The predicted octanol–water partition coefficient (Wildman–Crippen LogP) is 2.47. The van der Waals surface area contributed by atoms with Gasteiger partial charge in [-0.05, 0) is 29.3 Å². The van der Waals surface area contributed by atoms with Crippen molar-refractivity contribution in [3.05, 3.63) is 56.3 Å². The molecule has 3 nitrogen and oxygen atoms in total. The fourth-order valence-electron chi connectivity index (χ4n) is 2.19. The molecule has 1 N–H and O–H groups in total. The highest BCUT2D eigenvalue weighted by Crippen LogP contribution is 2.35. The minimum absolute atomic E-state index is 0.155. The molecule has 1 aromatic carbocycles. The Kier molecular flexibility index (Phi) is 2.07. The molecule has 0 bridgehead atoms. The summed E-state index contributed by atoms with van der Waals surface area (Å²) in [5, 5.41) is 9.50. The van der Waals surface area contributed by atoms with Gasteiger partial charge in [0.15, 0.2) is 0 Å². The Morgan fingerprint density at radius 1 is 1.29 bits per heavy atom. The van der Waals surface area contributed by atoms with E-state index in [0.717, 1.165) is 22.4 Å². The summed E-state index contributed by atoms with van der Waals surface area (Å²) in [6.07, 6.45) is 0.705. The molecule has 4 heteroatoms. The second kappa shape index (κ2) is 3.47. The number of aromatic amines is 1. The van der Waals surface area contributed by atoms with Gasteiger partial charge in [-0.2, -0.15) is 5.26 Å². The van der Waals surface area contributed by atoms with Gasteiger partial charge in [0.1, 0.15) is 11.6 Å². The van der Waals surface area contributed by atoms with Crippen molar-refractivity contribution in [2.24, 2.45) is 0 Å². The fraction of sp³-hybridized carbons (Fsp3) is 0.0769. The normalized spacial score (nSPS) is 11.8. The summed E-state index contributed by atoms with van der Waals surface area (Å²) >= 11 is 5.93. The molecule has 0 fully saturated rings. The van der Waals surface area contributed by atoms with Crippen LogP contribution in [0, 0.1) is 11.3 Å². The van der Waals surface area contributed by atoms with E-state index in [-0.39, 0.29) is 11.1 Å². The van der Waals surface area contributed by atoms with Crippen molar-refractivity contribution in [1.82, 2.24) is 4.98 Å². The topological polar surface area (TPSA) is 56.6 Å². The number of pyridine rings is 1. The zero-order valence-electron chi connectivity index (χ0n) is 8.75. The summed E-state index contributed by atoms with van der Waals surface area (Å²) in [6, 6.07) is 9.13. The Hall–Kier alpha value is -2.05. The molecule has 0 unspecified atom stereocenters. The summed E-state index contributed by atoms with van der Waals surface area (Å²) in [5.41, 5.74) is 3.67. The van der Waals surface area contributed by atoms with Gasteiger partial charge in [-0.3, -0.25) is 4.79 Å². The quantitative estimate of drug-likeness (QED) is 0.658. The van der Waals surface area contributed by atoms with Crippen molar-refractivity contribution in [2.45, 2.75) is 6.42 Å². The molecule has 3 rings (SSSR count). The van der Waals surface area contributed by atoms with E-state index in [4.69, 9.17) is 16.9 Å². The number of nitrogens with one attached hydrogen (secondary N) is 1. The molecule has 1 aliphatic carbocycles. The number of H-pyrrole nitrogens is 1. The molecule has 0 saturated carbocycles. The summed E-state index contributed by atoms with van der Waals surface area (Å²) in [6.45, 7) is 0. The van der Waals surface area contributed by atoms with Gasteiger partial charge in [0.2, 0.25) is 0 Å². The third-order valence-corrected chi connectivity index (χ3v) is 3.20. The minimum Gasteiger partial charge on any atom is -0.321 e. The van der Waals surface area contributed by atoms with Crippen molar-refractivity contribution in [2.75, 3.05) is 0 Å². The first-order valence-electron chi connectivity index (χ1n) is 5.14. The highest BCUT2D eigenvalue weighted by molar-refractivity contribution is 6.30. The lowest BCUT2D eigenvalue weighted by atomic mass is 10.1. The average molecular weight is 243 g/mol. The number of halogens is 1. The number of hydrogen-bond donors (Lipinski definition) is 1. The Balaban J connectivity index is 2.28. The zero-order valence-corrected chi connectivity index (χ0v) is 9.51. The molecule has 17 heavy (non-hydrogen) atoms. The molecule has 82 valence electrons. The van der Waals surface area contributed by atoms with Crippen LogP contribution in [0.2, 0.25) is 5.02 Å². The number of hydrogen-bond acceptors (Lipinski definition) is 2. The lowest BCUT2D eigenvalue weighted by Crippen LogP contribution is -2.11. The molecule has 0 aliphatic heterocycles. The van der Waals surface area contributed by atoms with Crippen LogP contribution < -0.4 is 5.56 Å². The van der Waals surface area contributed by atoms with Gasteiger partial charge >= 0.3 is 0 Å². The van der Waals surface area contributed by atoms with Crippen LogP contribution in [0.1, 0.15) is 16.7 Å². The van der Waals surface area contributed by atoms with Crippen LogP contribution in [0.5, 0.6) is 0 Å².